The van der Waals surface area contributed by atoms with E-state index in [0.29, 0.717) is 48.5 Å². The molecule has 2 aromatic carbocycles. The fourth-order valence-corrected chi connectivity index (χ4v) is 8.51. The van der Waals surface area contributed by atoms with Crippen molar-refractivity contribution in [1.82, 2.24) is 9.78 Å². The largest absolute Gasteiger partial charge is 1.00 e. The van der Waals surface area contributed by atoms with Crippen LogP contribution in [0.4, 0.5) is 5.69 Å². The Labute approximate surface area is 490 Å². The van der Waals surface area contributed by atoms with Crippen LogP contribution in [0, 0.1) is 5.92 Å². The van der Waals surface area contributed by atoms with Gasteiger partial charge in [-0.2, -0.15) is 5.10 Å². The molecule has 0 fully saturated rings. The van der Waals surface area contributed by atoms with Crippen molar-refractivity contribution < 1.29 is 148 Å². The van der Waals surface area contributed by atoms with Crippen LogP contribution in [0.2, 0.25) is 20.1 Å². The molecular formula is C37H37Br2Cl5K2N4O9S2. The van der Waals surface area contributed by atoms with Crippen molar-refractivity contribution >= 4 is 149 Å². The zero-order chi connectivity index (χ0) is 43.5. The number of hydrazine groups is 1. The molecule has 3 N–H and O–H groups in total. The number of nitrogens with zero attached hydrogens (tertiary/aromatic N) is 2. The molecule has 3 heterocycles. The number of aromatic nitrogens is 2. The minimum atomic E-state index is -0.949. The fraction of sp³-hybridized carbons (Fsp3) is 0.243. The molecule has 0 spiro atoms. The minimum Gasteiger partial charge on any atom is -1.00 e. The molecule has 5 aromatic rings. The Hall–Kier alpha value is 0.203. The summed E-state index contributed by atoms with van der Waals surface area (Å²) in [6.07, 6.45) is 0.913. The smallest absolute Gasteiger partial charge is 1.00 e. The Balaban J connectivity index is -0.000000844. The third kappa shape index (κ3) is 19.9. The summed E-state index contributed by atoms with van der Waals surface area (Å²) in [6.45, 7) is 7.30. The third-order valence-corrected chi connectivity index (χ3v) is 11.6. The topological polar surface area (TPSA) is 192 Å². The van der Waals surface area contributed by atoms with Crippen molar-refractivity contribution in [3.63, 3.8) is 0 Å². The Morgan fingerprint density at radius 1 is 0.885 bits per heavy atom. The van der Waals surface area contributed by atoms with E-state index in [1.54, 1.807) is 85.3 Å². The second-order valence-corrected chi connectivity index (χ2v) is 17.4. The number of ketones is 2. The normalized spacial score (nSPS) is 10.1. The van der Waals surface area contributed by atoms with Crippen LogP contribution in [0.1, 0.15) is 61.3 Å². The van der Waals surface area contributed by atoms with Gasteiger partial charge in [0.2, 0.25) is 0 Å². The Bertz CT molecular complexity index is 2210. The van der Waals surface area contributed by atoms with Crippen LogP contribution in [0.15, 0.2) is 68.2 Å². The molecule has 5 rings (SSSR count). The molecular weight excluding hydrogens is 1120 g/mol. The van der Waals surface area contributed by atoms with Crippen molar-refractivity contribution in [3.05, 3.63) is 104 Å². The van der Waals surface area contributed by atoms with E-state index in [9.17, 15) is 19.2 Å². The van der Waals surface area contributed by atoms with Gasteiger partial charge in [-0.3, -0.25) is 20.2 Å². The second-order valence-electron chi connectivity index (χ2n) is 10.8. The van der Waals surface area contributed by atoms with E-state index in [2.05, 4.69) is 52.0 Å². The van der Waals surface area contributed by atoms with Gasteiger partial charge in [0.05, 0.1) is 63.6 Å². The van der Waals surface area contributed by atoms with Crippen molar-refractivity contribution in [2.75, 3.05) is 18.6 Å². The van der Waals surface area contributed by atoms with E-state index in [-0.39, 0.29) is 148 Å². The summed E-state index contributed by atoms with van der Waals surface area (Å²) in [4.78, 5) is 60.4. The molecule has 0 aliphatic rings. The van der Waals surface area contributed by atoms with Crippen molar-refractivity contribution in [3.8, 4) is 16.3 Å². The molecule has 0 saturated heterocycles. The van der Waals surface area contributed by atoms with Gasteiger partial charge >= 0.3 is 115 Å². The van der Waals surface area contributed by atoms with E-state index in [1.807, 2.05) is 19.1 Å². The zero-order valence-electron chi connectivity index (χ0n) is 34.4. The van der Waals surface area contributed by atoms with E-state index >= 15 is 0 Å². The van der Waals surface area contributed by atoms with Gasteiger partial charge in [0.1, 0.15) is 0 Å². The third-order valence-electron chi connectivity index (χ3n) is 7.21. The average molecular weight is 1160 g/mol. The summed E-state index contributed by atoms with van der Waals surface area (Å²) >= 11 is 33.3. The maximum absolute atomic E-state index is 12.4. The van der Waals surface area contributed by atoms with Gasteiger partial charge in [0.15, 0.2) is 11.5 Å². The van der Waals surface area contributed by atoms with Gasteiger partial charge in [-0.05, 0) is 119 Å². The first-order valence-corrected chi connectivity index (χ1v) is 21.5. The molecule has 1 unspecified atom stereocenters. The number of Topliss-reactive ketones (excluding diaryl/α,β-unsaturated/α-hetero) is 2. The standard InChI is InChI=1S/C18H15BrCl2N2O2S.C12H13BrO4S.C6H6Cl2N2.CH2O3.ClH.2K.H/c1-3-11-16(18(24)25-4-2)22-23(13-6-5-10(20)9-12(13)21)17(11)14-7-8-15(19)26-14;1-3-7(11(15)12(16)17-4-2)10(14)8-5-6-9(13)18-8;7-4-1-2-6(10-9)5(8)3-4;2-1-4-3;;;;/h5-9H,3-4H2,1-2H3;5-7H,3-4H2,1-2H3;1-3,10H,9H2;1,3H;1H;;;/q;;;;;2*+1;-1/p-1. The quantitative estimate of drug-likeness (QED) is 0.0193. The summed E-state index contributed by atoms with van der Waals surface area (Å²) in [5.74, 6) is 1.70. The maximum atomic E-state index is 12.4. The molecule has 13 nitrogen and oxygen atoms in total. The fourth-order valence-electron chi connectivity index (χ4n) is 4.73. The number of halogens is 7. The molecule has 0 radical (unpaired) electrons. The van der Waals surface area contributed by atoms with Crippen LogP contribution in [-0.2, 0) is 35.2 Å². The first-order chi connectivity index (χ1) is 27.6. The first-order valence-electron chi connectivity index (χ1n) is 16.8. The van der Waals surface area contributed by atoms with Crippen LogP contribution in [-0.4, -0.2) is 53.0 Å². The zero-order valence-corrected chi connectivity index (χ0v) is 48.3. The number of benzene rings is 2. The van der Waals surface area contributed by atoms with Gasteiger partial charge in [0, 0.05) is 15.6 Å². The van der Waals surface area contributed by atoms with Gasteiger partial charge < -0.3 is 26.5 Å². The van der Waals surface area contributed by atoms with Gasteiger partial charge in [-0.25, -0.2) is 14.3 Å². The molecule has 61 heavy (non-hydrogen) atoms. The first kappa shape index (κ1) is 63.3. The number of hydrogen-bond donors (Lipinski definition) is 2. The number of carbonyl (C=O) groups is 5. The SMILES string of the molecule is CCOC(=O)C(=O)C(CC)C(=O)c1ccc(Br)s1.CCOC(=O)c1nn(-c2ccc(Cl)cc2Cl)c(-c2ccc(Br)s2)c1CC.Cl.NNc1ccc(Cl)cc1Cl.O=CO[O-].[H-].[K+].[K+]. The number of ether oxygens (including phenoxy) is 2. The summed E-state index contributed by atoms with van der Waals surface area (Å²) in [7, 11) is 0. The minimum absolute atomic E-state index is 0. The number of esters is 2. The second kappa shape index (κ2) is 33.6. The Morgan fingerprint density at radius 2 is 1.44 bits per heavy atom. The molecule has 0 saturated carbocycles. The predicted octanol–water partition coefficient (Wildman–Crippen LogP) is 4.52. The Kier molecular flexibility index (Phi) is 34.9. The van der Waals surface area contributed by atoms with Gasteiger partial charge in [-0.15, -0.1) is 35.1 Å². The van der Waals surface area contributed by atoms with E-state index in [1.165, 1.54) is 11.3 Å². The molecule has 0 amide bonds. The van der Waals surface area contributed by atoms with Crippen LogP contribution in [0.3, 0.4) is 0 Å². The average Bonchev–Trinajstić information content (AvgIpc) is 3.94. The summed E-state index contributed by atoms with van der Waals surface area (Å²) in [6, 6.07) is 17.6. The maximum Gasteiger partial charge on any atom is 1.00 e. The Morgan fingerprint density at radius 3 is 1.89 bits per heavy atom. The van der Waals surface area contributed by atoms with Gasteiger partial charge in [0.25, 0.3) is 12.3 Å². The molecule has 0 aliphatic carbocycles. The molecule has 0 bridgehead atoms. The van der Waals surface area contributed by atoms with Crippen LogP contribution in [0.25, 0.3) is 16.3 Å². The molecule has 1 atom stereocenters. The predicted molar refractivity (Wildman–Crippen MR) is 241 cm³/mol. The molecule has 322 valence electrons. The number of thiophene rings is 2. The van der Waals surface area contributed by atoms with E-state index < -0.39 is 23.6 Å². The van der Waals surface area contributed by atoms with E-state index in [4.69, 9.17) is 67.0 Å². The summed E-state index contributed by atoms with van der Waals surface area (Å²) < 4.78 is 13.3. The number of carbonyl (C=O) groups excluding carboxylic acids is 5. The van der Waals surface area contributed by atoms with E-state index in [0.717, 1.165) is 23.7 Å². The molecule has 0 aliphatic heterocycles. The van der Waals surface area contributed by atoms with Crippen molar-refractivity contribution in [1.29, 1.82) is 0 Å². The van der Waals surface area contributed by atoms with Crippen LogP contribution < -0.4 is 119 Å². The van der Waals surface area contributed by atoms with Crippen molar-refractivity contribution in [2.45, 2.75) is 40.5 Å². The van der Waals surface area contributed by atoms with Crippen LogP contribution >= 0.6 is 113 Å². The van der Waals surface area contributed by atoms with Crippen molar-refractivity contribution in [2.24, 2.45) is 11.8 Å². The number of nitrogen functional groups attached to an aromatic ring is 1. The number of hydrogen-bond acceptors (Lipinski definition) is 14. The summed E-state index contributed by atoms with van der Waals surface area (Å²) in [5.41, 5.74) is 5.72. The van der Waals surface area contributed by atoms with Gasteiger partial charge in [-0.1, -0.05) is 60.3 Å². The molecule has 3 aromatic heterocycles. The summed E-state index contributed by atoms with van der Waals surface area (Å²) in [5, 5.41) is 15.1. The number of anilines is 1. The molecule has 24 heteroatoms. The monoisotopic (exact) mass is 1160 g/mol. The number of nitrogens with one attached hydrogen (secondary N) is 1. The number of nitrogens with two attached hydrogens (primary N) is 1. The van der Waals surface area contributed by atoms with Crippen LogP contribution in [0.5, 0.6) is 0 Å². The number of rotatable bonds is 13.